The molecular weight excluding hydrogens is 274 g/mol. The van der Waals surface area contributed by atoms with Crippen molar-refractivity contribution < 1.29 is 19.5 Å². The number of carbonyl (C=O) groups is 3. The molecule has 0 aromatic rings. The number of hydrogen-bond acceptors (Lipinski definition) is 3. The minimum absolute atomic E-state index is 0.00673. The first-order valence-electron chi connectivity index (χ1n) is 7.30. The molecule has 1 rings (SSSR count). The first-order valence-corrected chi connectivity index (χ1v) is 7.30. The maximum atomic E-state index is 11.9. The molecule has 21 heavy (non-hydrogen) atoms. The first kappa shape index (κ1) is 17.3. The van der Waals surface area contributed by atoms with Gasteiger partial charge in [-0.05, 0) is 26.2 Å². The van der Waals surface area contributed by atoms with Crippen LogP contribution < -0.4 is 10.6 Å². The third-order valence-corrected chi connectivity index (χ3v) is 3.43. The molecule has 0 aromatic heterocycles. The van der Waals surface area contributed by atoms with E-state index in [4.69, 9.17) is 5.11 Å². The third kappa shape index (κ3) is 5.24. The molecule has 0 spiro atoms. The Hall–Kier alpha value is -1.79. The van der Waals surface area contributed by atoms with Gasteiger partial charge >= 0.3 is 12.0 Å². The van der Waals surface area contributed by atoms with Crippen LogP contribution in [0.3, 0.4) is 0 Å². The molecule has 3 N–H and O–H groups in total. The fraction of sp³-hybridized carbons (Fsp3) is 0.786. The van der Waals surface area contributed by atoms with E-state index in [1.54, 1.807) is 4.90 Å². The molecule has 2 atom stereocenters. The van der Waals surface area contributed by atoms with Gasteiger partial charge in [-0.2, -0.15) is 0 Å². The average molecular weight is 299 g/mol. The summed E-state index contributed by atoms with van der Waals surface area (Å²) in [7, 11) is 0. The van der Waals surface area contributed by atoms with E-state index >= 15 is 0 Å². The lowest BCUT2D eigenvalue weighted by atomic mass is 10.0. The van der Waals surface area contributed by atoms with Crippen molar-refractivity contribution in [2.45, 2.75) is 58.7 Å². The number of urea groups is 1. The number of amides is 3. The number of hydrogen-bond donors (Lipinski definition) is 3. The molecule has 7 heteroatoms. The summed E-state index contributed by atoms with van der Waals surface area (Å²) in [5, 5.41) is 14.2. The smallest absolute Gasteiger partial charge is 0.326 e. The van der Waals surface area contributed by atoms with Crippen LogP contribution in [0, 0.1) is 5.92 Å². The van der Waals surface area contributed by atoms with Crippen LogP contribution in [0.4, 0.5) is 4.79 Å². The summed E-state index contributed by atoms with van der Waals surface area (Å²) >= 11 is 0. The van der Waals surface area contributed by atoms with Crippen LogP contribution in [0.5, 0.6) is 0 Å². The van der Waals surface area contributed by atoms with Crippen molar-refractivity contribution in [3.05, 3.63) is 0 Å². The number of aliphatic carboxylic acids is 1. The number of rotatable bonds is 6. The molecular formula is C14H25N3O4. The molecule has 0 saturated carbocycles. The van der Waals surface area contributed by atoms with Gasteiger partial charge in [0, 0.05) is 19.0 Å². The highest BCUT2D eigenvalue weighted by molar-refractivity contribution is 5.84. The van der Waals surface area contributed by atoms with Crippen LogP contribution in [-0.2, 0) is 9.59 Å². The Labute approximate surface area is 125 Å². The molecule has 120 valence electrons. The van der Waals surface area contributed by atoms with Gasteiger partial charge in [-0.15, -0.1) is 0 Å². The van der Waals surface area contributed by atoms with Gasteiger partial charge in [-0.1, -0.05) is 13.8 Å². The highest BCUT2D eigenvalue weighted by Gasteiger charge is 2.32. The average Bonchev–Trinajstić information content (AvgIpc) is 2.68. The molecule has 1 heterocycles. The summed E-state index contributed by atoms with van der Waals surface area (Å²) in [4.78, 5) is 36.4. The maximum absolute atomic E-state index is 11.9. The summed E-state index contributed by atoms with van der Waals surface area (Å²) in [6, 6.07) is -1.62. The zero-order chi connectivity index (χ0) is 16.2. The molecule has 1 aliphatic heterocycles. The Bertz CT molecular complexity index is 409. The lowest BCUT2D eigenvalue weighted by molar-refractivity contribution is -0.139. The number of carboxylic acids is 1. The van der Waals surface area contributed by atoms with Gasteiger partial charge in [0.2, 0.25) is 5.91 Å². The van der Waals surface area contributed by atoms with E-state index in [0.717, 1.165) is 0 Å². The molecule has 3 amide bonds. The standard InChI is InChI=1S/C14H25N3O4/c1-8(2)5-11(13(19)20)16-14(21)15-10-6-12(18)17(7-10)9(3)4/h8-11H,5-7H2,1-4H3,(H,19,20)(H2,15,16,21). The van der Waals surface area contributed by atoms with Crippen molar-refractivity contribution in [3.8, 4) is 0 Å². The number of nitrogens with one attached hydrogen (secondary N) is 2. The molecule has 1 saturated heterocycles. The molecule has 0 radical (unpaired) electrons. The number of carboxylic acid groups (broad SMARTS) is 1. The molecule has 1 aliphatic rings. The number of nitrogens with zero attached hydrogens (tertiary/aromatic N) is 1. The van der Waals surface area contributed by atoms with Crippen molar-refractivity contribution in [1.82, 2.24) is 15.5 Å². The largest absolute Gasteiger partial charge is 0.480 e. The second-order valence-corrected chi connectivity index (χ2v) is 6.18. The third-order valence-electron chi connectivity index (χ3n) is 3.43. The maximum Gasteiger partial charge on any atom is 0.326 e. The van der Waals surface area contributed by atoms with Crippen molar-refractivity contribution >= 4 is 17.9 Å². The lowest BCUT2D eigenvalue weighted by Gasteiger charge is -2.22. The highest BCUT2D eigenvalue weighted by atomic mass is 16.4. The Morgan fingerprint density at radius 1 is 1.33 bits per heavy atom. The predicted molar refractivity (Wildman–Crippen MR) is 77.8 cm³/mol. The van der Waals surface area contributed by atoms with Gasteiger partial charge in [0.05, 0.1) is 6.04 Å². The van der Waals surface area contributed by atoms with Crippen LogP contribution in [-0.4, -0.2) is 52.6 Å². The van der Waals surface area contributed by atoms with Crippen molar-refractivity contribution in [1.29, 1.82) is 0 Å². The Kier molecular flexibility index (Phi) is 5.99. The molecule has 0 bridgehead atoms. The fourth-order valence-corrected chi connectivity index (χ4v) is 2.41. The van der Waals surface area contributed by atoms with E-state index in [1.807, 2.05) is 27.7 Å². The molecule has 7 nitrogen and oxygen atoms in total. The van der Waals surface area contributed by atoms with E-state index in [9.17, 15) is 14.4 Å². The minimum Gasteiger partial charge on any atom is -0.480 e. The predicted octanol–water partition coefficient (Wildman–Crippen LogP) is 0.794. The number of likely N-dealkylation sites (tertiary alicyclic amines) is 1. The van der Waals surface area contributed by atoms with Crippen LogP contribution in [0.25, 0.3) is 0 Å². The second-order valence-electron chi connectivity index (χ2n) is 6.18. The van der Waals surface area contributed by atoms with Crippen LogP contribution in [0.1, 0.15) is 40.5 Å². The van der Waals surface area contributed by atoms with Crippen LogP contribution in [0.15, 0.2) is 0 Å². The van der Waals surface area contributed by atoms with E-state index < -0.39 is 18.0 Å². The molecule has 1 fully saturated rings. The summed E-state index contributed by atoms with van der Waals surface area (Å²) in [5.74, 6) is -0.881. The van der Waals surface area contributed by atoms with E-state index in [-0.39, 0.29) is 30.3 Å². The first-order chi connectivity index (χ1) is 9.70. The van der Waals surface area contributed by atoms with Gasteiger partial charge < -0.3 is 20.6 Å². The zero-order valence-electron chi connectivity index (χ0n) is 13.0. The quantitative estimate of drug-likeness (QED) is 0.675. The molecule has 0 aromatic carbocycles. The second kappa shape index (κ2) is 7.28. The minimum atomic E-state index is -1.05. The fourth-order valence-electron chi connectivity index (χ4n) is 2.41. The molecule has 0 aliphatic carbocycles. The van der Waals surface area contributed by atoms with Gasteiger partial charge in [0.25, 0.3) is 0 Å². The number of carbonyl (C=O) groups excluding carboxylic acids is 2. The van der Waals surface area contributed by atoms with Gasteiger partial charge in [-0.3, -0.25) is 4.79 Å². The van der Waals surface area contributed by atoms with Gasteiger partial charge in [0.1, 0.15) is 6.04 Å². The monoisotopic (exact) mass is 299 g/mol. The molecule has 2 unspecified atom stereocenters. The van der Waals surface area contributed by atoms with E-state index in [1.165, 1.54) is 0 Å². The van der Waals surface area contributed by atoms with Crippen LogP contribution in [0.2, 0.25) is 0 Å². The highest BCUT2D eigenvalue weighted by Crippen LogP contribution is 2.14. The van der Waals surface area contributed by atoms with Crippen molar-refractivity contribution in [2.24, 2.45) is 5.92 Å². The lowest BCUT2D eigenvalue weighted by Crippen LogP contribution is -2.50. The Morgan fingerprint density at radius 2 is 1.95 bits per heavy atom. The zero-order valence-corrected chi connectivity index (χ0v) is 13.0. The summed E-state index contributed by atoms with van der Waals surface area (Å²) < 4.78 is 0. The summed E-state index contributed by atoms with van der Waals surface area (Å²) in [6.45, 7) is 8.09. The SMILES string of the molecule is CC(C)CC(NC(=O)NC1CC(=O)N(C(C)C)C1)C(=O)O. The topological polar surface area (TPSA) is 98.7 Å². The van der Waals surface area contributed by atoms with E-state index in [0.29, 0.717) is 13.0 Å². The van der Waals surface area contributed by atoms with Gasteiger partial charge in [-0.25, -0.2) is 9.59 Å². The van der Waals surface area contributed by atoms with Gasteiger partial charge in [0.15, 0.2) is 0 Å². The van der Waals surface area contributed by atoms with Crippen molar-refractivity contribution in [3.63, 3.8) is 0 Å². The Balaban J connectivity index is 2.50. The van der Waals surface area contributed by atoms with Crippen molar-refractivity contribution in [2.75, 3.05) is 6.54 Å². The Morgan fingerprint density at radius 3 is 2.38 bits per heavy atom. The normalized spacial score (nSPS) is 20.0. The van der Waals surface area contributed by atoms with E-state index in [2.05, 4.69) is 10.6 Å². The van der Waals surface area contributed by atoms with Crippen LogP contribution >= 0.6 is 0 Å². The summed E-state index contributed by atoms with van der Waals surface area (Å²) in [6.07, 6.45) is 0.623. The summed E-state index contributed by atoms with van der Waals surface area (Å²) in [5.41, 5.74) is 0.